The Morgan fingerprint density at radius 2 is 1.78 bits per heavy atom. The maximum Gasteiger partial charge on any atom is 0.315 e. The minimum atomic E-state index is -0.708. The van der Waals surface area contributed by atoms with Crippen molar-refractivity contribution in [1.82, 2.24) is 0 Å². The molecule has 2 aliphatic rings. The minimum absolute atomic E-state index is 0.00362. The zero-order chi connectivity index (χ0) is 22.9. The molecule has 0 bridgehead atoms. The standard InChI is InChI=1S/C27H28FNO3/c1-17-23(26(31)32-14-13-18-7-5-4-6-8-18)24(19-9-11-20(28)12-10-19)25-21(29-17)15-27(2,3)16-22(25)30/h4-12,23-24H,13-16H2,1-3H3/t23?,24-/m0/s1. The summed E-state index contributed by atoms with van der Waals surface area (Å²) in [7, 11) is 0. The van der Waals surface area contributed by atoms with E-state index >= 15 is 0 Å². The first-order chi connectivity index (χ1) is 15.2. The van der Waals surface area contributed by atoms with E-state index in [1.54, 1.807) is 12.1 Å². The monoisotopic (exact) mass is 433 g/mol. The van der Waals surface area contributed by atoms with Crippen LogP contribution >= 0.6 is 0 Å². The maximum absolute atomic E-state index is 13.6. The number of Topliss-reactive ketones (excluding diaryl/α,β-unsaturated/α-hetero) is 1. The van der Waals surface area contributed by atoms with Gasteiger partial charge < -0.3 is 4.74 Å². The van der Waals surface area contributed by atoms with Gasteiger partial charge in [-0.1, -0.05) is 56.3 Å². The molecule has 0 spiro atoms. The number of aliphatic imine (C=N–C) groups is 1. The lowest BCUT2D eigenvalue weighted by molar-refractivity contribution is -0.146. The smallest absolute Gasteiger partial charge is 0.315 e. The third-order valence-corrected chi connectivity index (χ3v) is 6.26. The maximum atomic E-state index is 13.6. The number of halogens is 1. The first-order valence-electron chi connectivity index (χ1n) is 11.0. The van der Waals surface area contributed by atoms with Crippen molar-refractivity contribution in [2.45, 2.75) is 46.0 Å². The average molecular weight is 434 g/mol. The molecule has 166 valence electrons. The third-order valence-electron chi connectivity index (χ3n) is 6.26. The minimum Gasteiger partial charge on any atom is -0.465 e. The number of esters is 1. The van der Waals surface area contributed by atoms with Crippen LogP contribution in [-0.2, 0) is 20.7 Å². The lowest BCUT2D eigenvalue weighted by Gasteiger charge is -2.39. The number of carbonyl (C=O) groups excluding carboxylic acids is 2. The van der Waals surface area contributed by atoms with Gasteiger partial charge in [-0.25, -0.2) is 4.39 Å². The van der Waals surface area contributed by atoms with Crippen molar-refractivity contribution >= 4 is 17.5 Å². The van der Waals surface area contributed by atoms with Gasteiger partial charge in [-0.2, -0.15) is 0 Å². The number of allylic oxidation sites excluding steroid dienone is 2. The first kappa shape index (κ1) is 22.1. The first-order valence-corrected chi connectivity index (χ1v) is 11.0. The van der Waals surface area contributed by atoms with Crippen molar-refractivity contribution in [1.29, 1.82) is 0 Å². The van der Waals surface area contributed by atoms with E-state index in [9.17, 15) is 14.0 Å². The molecule has 1 heterocycles. The van der Waals surface area contributed by atoms with Gasteiger partial charge in [-0.15, -0.1) is 0 Å². The molecule has 1 aliphatic heterocycles. The van der Waals surface area contributed by atoms with Crippen molar-refractivity contribution in [3.8, 4) is 0 Å². The predicted molar refractivity (Wildman–Crippen MR) is 122 cm³/mol. The molecule has 0 saturated heterocycles. The van der Waals surface area contributed by atoms with Crippen LogP contribution < -0.4 is 0 Å². The van der Waals surface area contributed by atoms with Crippen LogP contribution in [0.2, 0.25) is 0 Å². The van der Waals surface area contributed by atoms with E-state index in [0.717, 1.165) is 16.8 Å². The number of rotatable bonds is 5. The van der Waals surface area contributed by atoms with Crippen LogP contribution in [0, 0.1) is 17.2 Å². The van der Waals surface area contributed by atoms with Gasteiger partial charge in [0.05, 0.1) is 6.61 Å². The van der Waals surface area contributed by atoms with E-state index in [-0.39, 0.29) is 23.6 Å². The summed E-state index contributed by atoms with van der Waals surface area (Å²) in [5.41, 5.74) is 3.58. The number of ketones is 1. The van der Waals surface area contributed by atoms with Gasteiger partial charge in [0.25, 0.3) is 0 Å². The Morgan fingerprint density at radius 3 is 2.47 bits per heavy atom. The van der Waals surface area contributed by atoms with Gasteiger partial charge in [-0.05, 0) is 42.0 Å². The Kier molecular flexibility index (Phi) is 6.09. The number of nitrogens with zero attached hydrogens (tertiary/aromatic N) is 1. The average Bonchev–Trinajstić information content (AvgIpc) is 2.73. The zero-order valence-electron chi connectivity index (χ0n) is 18.7. The number of carbonyl (C=O) groups is 2. The van der Waals surface area contributed by atoms with Gasteiger partial charge in [0, 0.05) is 35.7 Å². The quantitative estimate of drug-likeness (QED) is 0.591. The Bertz CT molecular complexity index is 1080. The molecule has 0 saturated carbocycles. The van der Waals surface area contributed by atoms with Gasteiger partial charge in [0.15, 0.2) is 5.78 Å². The van der Waals surface area contributed by atoms with E-state index in [0.29, 0.717) is 30.5 Å². The Morgan fingerprint density at radius 1 is 1.09 bits per heavy atom. The summed E-state index contributed by atoms with van der Waals surface area (Å²) < 4.78 is 19.3. The summed E-state index contributed by atoms with van der Waals surface area (Å²) in [5.74, 6) is -1.98. The highest BCUT2D eigenvalue weighted by Gasteiger charge is 2.46. The largest absolute Gasteiger partial charge is 0.465 e. The summed E-state index contributed by atoms with van der Waals surface area (Å²) in [5, 5.41) is 0. The highest BCUT2D eigenvalue weighted by Crippen LogP contribution is 2.47. The topological polar surface area (TPSA) is 55.7 Å². The Hall–Kier alpha value is -3.08. The second-order valence-electron chi connectivity index (χ2n) is 9.46. The lowest BCUT2D eigenvalue weighted by Crippen LogP contribution is -2.39. The van der Waals surface area contributed by atoms with E-state index in [1.165, 1.54) is 12.1 Å². The fourth-order valence-electron chi connectivity index (χ4n) is 4.78. The Balaban J connectivity index is 1.65. The van der Waals surface area contributed by atoms with Crippen molar-refractivity contribution in [2.24, 2.45) is 16.3 Å². The van der Waals surface area contributed by atoms with E-state index in [2.05, 4.69) is 13.8 Å². The highest BCUT2D eigenvalue weighted by atomic mass is 19.1. The molecule has 32 heavy (non-hydrogen) atoms. The van der Waals surface area contributed by atoms with Crippen LogP contribution in [0.5, 0.6) is 0 Å². The van der Waals surface area contributed by atoms with Crippen LogP contribution in [0.1, 0.15) is 50.7 Å². The van der Waals surface area contributed by atoms with Crippen molar-refractivity contribution in [3.63, 3.8) is 0 Å². The van der Waals surface area contributed by atoms with Crippen LogP contribution in [0.15, 0.2) is 70.9 Å². The normalized spacial score (nSPS) is 22.2. The van der Waals surface area contributed by atoms with Gasteiger partial charge >= 0.3 is 5.97 Å². The second-order valence-corrected chi connectivity index (χ2v) is 9.46. The molecule has 2 atom stereocenters. The molecule has 4 rings (SSSR count). The summed E-state index contributed by atoms with van der Waals surface area (Å²) >= 11 is 0. The van der Waals surface area contributed by atoms with Crippen LogP contribution in [0.3, 0.4) is 0 Å². The summed E-state index contributed by atoms with van der Waals surface area (Å²) in [6.07, 6.45) is 1.67. The molecule has 0 amide bonds. The molecule has 0 fully saturated rings. The summed E-state index contributed by atoms with van der Waals surface area (Å²) in [6, 6.07) is 15.9. The molecule has 1 unspecified atom stereocenters. The number of hydrogen-bond donors (Lipinski definition) is 0. The number of benzene rings is 2. The SMILES string of the molecule is CC1=NC2=C(C(=O)CC(C)(C)C2)[C@@H](c2ccc(F)cc2)C1C(=O)OCCc1ccccc1. The predicted octanol–water partition coefficient (Wildman–Crippen LogP) is 5.43. The van der Waals surface area contributed by atoms with Crippen LogP contribution in [0.25, 0.3) is 0 Å². The summed E-state index contributed by atoms with van der Waals surface area (Å²) in [6.45, 7) is 6.16. The van der Waals surface area contributed by atoms with Crippen molar-refractivity contribution < 1.29 is 18.7 Å². The second kappa shape index (κ2) is 8.81. The van der Waals surface area contributed by atoms with Crippen molar-refractivity contribution in [2.75, 3.05) is 6.61 Å². The van der Waals surface area contributed by atoms with Gasteiger partial charge in [0.2, 0.25) is 0 Å². The third kappa shape index (κ3) is 4.57. The lowest BCUT2D eigenvalue weighted by atomic mass is 9.67. The van der Waals surface area contributed by atoms with E-state index in [1.807, 2.05) is 37.3 Å². The van der Waals surface area contributed by atoms with Crippen LogP contribution in [0.4, 0.5) is 4.39 Å². The van der Waals surface area contributed by atoms with E-state index in [4.69, 9.17) is 9.73 Å². The van der Waals surface area contributed by atoms with Gasteiger partial charge in [0.1, 0.15) is 11.7 Å². The van der Waals surface area contributed by atoms with Crippen LogP contribution in [-0.4, -0.2) is 24.1 Å². The fraction of sp³-hybridized carbons (Fsp3) is 0.370. The Labute approximate surface area is 188 Å². The molecule has 5 heteroatoms. The zero-order valence-corrected chi connectivity index (χ0v) is 18.7. The molecular weight excluding hydrogens is 405 g/mol. The fourth-order valence-corrected chi connectivity index (χ4v) is 4.78. The number of ether oxygens (including phenoxy) is 1. The highest BCUT2D eigenvalue weighted by molar-refractivity contribution is 6.09. The number of hydrogen-bond acceptors (Lipinski definition) is 4. The van der Waals surface area contributed by atoms with Gasteiger partial charge in [-0.3, -0.25) is 14.6 Å². The van der Waals surface area contributed by atoms with Crippen molar-refractivity contribution in [3.05, 3.63) is 82.8 Å². The molecule has 0 aromatic heterocycles. The molecular formula is C27H28FNO3. The molecule has 4 nitrogen and oxygen atoms in total. The molecule has 0 radical (unpaired) electrons. The summed E-state index contributed by atoms with van der Waals surface area (Å²) in [4.78, 5) is 31.2. The molecule has 0 N–H and O–H groups in total. The molecule has 1 aliphatic carbocycles. The van der Waals surface area contributed by atoms with E-state index < -0.39 is 17.8 Å². The molecule has 2 aromatic carbocycles. The molecule has 2 aromatic rings.